The van der Waals surface area contributed by atoms with Crippen LogP contribution in [-0.4, -0.2) is 98.2 Å². The van der Waals surface area contributed by atoms with Gasteiger partial charge in [0.25, 0.3) is 0 Å². The van der Waals surface area contributed by atoms with Crippen molar-refractivity contribution in [2.45, 2.75) is 58.4 Å². The lowest BCUT2D eigenvalue weighted by molar-refractivity contribution is -0.149. The van der Waals surface area contributed by atoms with Crippen molar-refractivity contribution >= 4 is 23.5 Å². The zero-order chi connectivity index (χ0) is 36.2. The van der Waals surface area contributed by atoms with Crippen molar-refractivity contribution in [2.75, 3.05) is 49.6 Å². The second kappa shape index (κ2) is 13.1. The molecule has 3 aromatic rings. The first kappa shape index (κ1) is 34.0. The standard InChI is InChI=1S/C36H38F3N9O4/c1-3-48-30(49)18-41-33-34(48)44-27(17-40-33)23-4-5-26(43-21(23)2)32-42-20-47(45-32)11-13-51-12-10-46-19-35(8-9-35)7-6-22-14-24-25(36(37,38)39)15-31(50)52-29(24)16-28(22)46/h4-5,14-17,20,24,29H,3,6-13,18-19H2,1-2H3,(H,40,41). The van der Waals surface area contributed by atoms with Crippen LogP contribution in [0.15, 0.2) is 59.7 Å². The third-order valence-corrected chi connectivity index (χ3v) is 10.5. The van der Waals surface area contributed by atoms with E-state index >= 15 is 0 Å². The Balaban J connectivity index is 0.888. The third-order valence-electron chi connectivity index (χ3n) is 10.5. The van der Waals surface area contributed by atoms with Crippen molar-refractivity contribution in [2.24, 2.45) is 11.3 Å². The number of fused-ring (bicyclic) bond motifs is 3. The molecule has 2 fully saturated rings. The minimum atomic E-state index is -4.61. The molecule has 0 aromatic carbocycles. The summed E-state index contributed by atoms with van der Waals surface area (Å²) in [6, 6.07) is 3.72. The molecule has 1 amide bonds. The number of hydrogen-bond acceptors (Lipinski definition) is 11. The van der Waals surface area contributed by atoms with Gasteiger partial charge in [-0.05, 0) is 68.7 Å². The summed E-state index contributed by atoms with van der Waals surface area (Å²) in [7, 11) is 0. The van der Waals surface area contributed by atoms with Gasteiger partial charge in [-0.3, -0.25) is 9.69 Å². The molecule has 52 heavy (non-hydrogen) atoms. The van der Waals surface area contributed by atoms with Crippen molar-refractivity contribution in [3.05, 3.63) is 65.4 Å². The number of carbonyl (C=O) groups is 2. The van der Waals surface area contributed by atoms with Gasteiger partial charge in [-0.2, -0.15) is 13.2 Å². The summed E-state index contributed by atoms with van der Waals surface area (Å²) < 4.78 is 54.6. The van der Waals surface area contributed by atoms with E-state index in [0.29, 0.717) is 79.9 Å². The van der Waals surface area contributed by atoms with E-state index in [2.05, 4.69) is 25.3 Å². The van der Waals surface area contributed by atoms with E-state index in [-0.39, 0.29) is 17.9 Å². The first-order valence-corrected chi connectivity index (χ1v) is 17.5. The van der Waals surface area contributed by atoms with Crippen LogP contribution >= 0.6 is 0 Å². The van der Waals surface area contributed by atoms with Crippen LogP contribution in [0.25, 0.3) is 22.8 Å². The predicted octanol–water partition coefficient (Wildman–Crippen LogP) is 4.63. The van der Waals surface area contributed by atoms with Gasteiger partial charge in [0.2, 0.25) is 5.91 Å². The summed E-state index contributed by atoms with van der Waals surface area (Å²) in [6.45, 7) is 7.03. The van der Waals surface area contributed by atoms with E-state index in [1.54, 1.807) is 34.3 Å². The Bertz CT molecular complexity index is 2020. The molecule has 2 aliphatic carbocycles. The molecule has 2 atom stereocenters. The molecule has 3 aromatic heterocycles. The Kier molecular flexibility index (Phi) is 8.59. The summed E-state index contributed by atoms with van der Waals surface area (Å²) in [6.07, 6.45) is 5.44. The molecular weight excluding hydrogens is 679 g/mol. The molecular formula is C36H38F3N9O4. The van der Waals surface area contributed by atoms with Crippen LogP contribution < -0.4 is 10.2 Å². The van der Waals surface area contributed by atoms with Crippen molar-refractivity contribution in [3.8, 4) is 22.8 Å². The fourth-order valence-electron chi connectivity index (χ4n) is 7.50. The van der Waals surface area contributed by atoms with E-state index in [4.69, 9.17) is 19.4 Å². The number of amides is 1. The number of ether oxygens (including phenoxy) is 2. The Morgan fingerprint density at radius 1 is 1.06 bits per heavy atom. The zero-order valence-corrected chi connectivity index (χ0v) is 28.8. The molecule has 2 unspecified atom stereocenters. The normalized spacial score (nSPS) is 22.0. The molecule has 0 radical (unpaired) electrons. The number of aryl methyl sites for hydroxylation is 1. The fraction of sp³-hybridized carbons (Fsp3) is 0.472. The van der Waals surface area contributed by atoms with Gasteiger partial charge in [-0.25, -0.2) is 29.4 Å². The largest absolute Gasteiger partial charge is 0.454 e. The smallest absolute Gasteiger partial charge is 0.413 e. The molecule has 16 heteroatoms. The van der Waals surface area contributed by atoms with Gasteiger partial charge >= 0.3 is 12.1 Å². The quantitative estimate of drug-likeness (QED) is 0.245. The number of rotatable bonds is 9. The Morgan fingerprint density at radius 3 is 2.65 bits per heavy atom. The second-order valence-corrected chi connectivity index (χ2v) is 13.9. The minimum absolute atomic E-state index is 0.0604. The first-order valence-electron chi connectivity index (χ1n) is 17.5. The Hall–Kier alpha value is -5.12. The SMILES string of the molecule is CCN1C(=O)CNc2ncc(-c3ccc(-c4ncn(CCOCCN5CC6(CCC7=CC8C(C(F)(F)F)=CC(=O)OC8C=C75)CC6)n4)nc3C)nc21. The van der Waals surface area contributed by atoms with Crippen LogP contribution in [0.5, 0.6) is 0 Å². The second-order valence-electron chi connectivity index (χ2n) is 13.9. The van der Waals surface area contributed by atoms with Crippen molar-refractivity contribution in [3.63, 3.8) is 0 Å². The van der Waals surface area contributed by atoms with Crippen LogP contribution in [0.4, 0.5) is 24.8 Å². The highest BCUT2D eigenvalue weighted by Gasteiger charge is 2.49. The summed E-state index contributed by atoms with van der Waals surface area (Å²) in [5, 5.41) is 7.60. The average molecular weight is 718 g/mol. The molecule has 272 valence electrons. The fourth-order valence-corrected chi connectivity index (χ4v) is 7.50. The maximum absolute atomic E-state index is 13.8. The number of likely N-dealkylation sites (N-methyl/N-ethyl adjacent to an activating group) is 1. The molecule has 1 saturated heterocycles. The number of pyridine rings is 1. The van der Waals surface area contributed by atoms with Gasteiger partial charge in [0, 0.05) is 48.6 Å². The molecule has 1 saturated carbocycles. The zero-order valence-electron chi connectivity index (χ0n) is 28.8. The van der Waals surface area contributed by atoms with E-state index in [1.807, 2.05) is 26.0 Å². The molecule has 13 nitrogen and oxygen atoms in total. The molecule has 3 aliphatic heterocycles. The lowest BCUT2D eigenvalue weighted by Gasteiger charge is -2.37. The van der Waals surface area contributed by atoms with Gasteiger partial charge < -0.3 is 19.7 Å². The molecule has 0 bridgehead atoms. The lowest BCUT2D eigenvalue weighted by atomic mass is 9.82. The molecule has 8 rings (SSSR count). The Morgan fingerprint density at radius 2 is 1.88 bits per heavy atom. The van der Waals surface area contributed by atoms with Crippen molar-refractivity contribution < 1.29 is 32.2 Å². The van der Waals surface area contributed by atoms with Crippen LogP contribution in [0, 0.1) is 18.3 Å². The first-order chi connectivity index (χ1) is 25.0. The van der Waals surface area contributed by atoms with Gasteiger partial charge in [-0.15, -0.1) is 5.10 Å². The predicted molar refractivity (Wildman–Crippen MR) is 182 cm³/mol. The highest BCUT2D eigenvalue weighted by Crippen LogP contribution is 2.54. The number of allylic oxidation sites excluding steroid dienone is 1. The lowest BCUT2D eigenvalue weighted by Crippen LogP contribution is -2.40. The number of carbonyl (C=O) groups excluding carboxylic acids is 2. The van der Waals surface area contributed by atoms with Crippen molar-refractivity contribution in [1.29, 1.82) is 0 Å². The van der Waals surface area contributed by atoms with Crippen LogP contribution in [0.2, 0.25) is 0 Å². The monoisotopic (exact) mass is 717 g/mol. The van der Waals surface area contributed by atoms with E-state index in [0.717, 1.165) is 42.6 Å². The molecule has 6 heterocycles. The number of esters is 1. The number of likely N-dealkylation sites (tertiary alicyclic amines) is 1. The van der Waals surface area contributed by atoms with E-state index in [1.165, 1.54) is 0 Å². The Labute approximate surface area is 297 Å². The summed E-state index contributed by atoms with van der Waals surface area (Å²) in [4.78, 5) is 46.6. The summed E-state index contributed by atoms with van der Waals surface area (Å²) in [5.74, 6) is -0.527. The third kappa shape index (κ3) is 6.55. The van der Waals surface area contributed by atoms with Gasteiger partial charge in [0.1, 0.15) is 18.1 Å². The highest BCUT2D eigenvalue weighted by molar-refractivity contribution is 6.00. The maximum Gasteiger partial charge on any atom is 0.413 e. The molecule has 1 spiro atoms. The number of alkyl halides is 3. The van der Waals surface area contributed by atoms with Gasteiger partial charge in [0.15, 0.2) is 17.5 Å². The average Bonchev–Trinajstić information content (AvgIpc) is 3.76. The number of halogens is 3. The van der Waals surface area contributed by atoms with Crippen LogP contribution in [-0.2, 0) is 25.6 Å². The van der Waals surface area contributed by atoms with E-state index in [9.17, 15) is 22.8 Å². The summed E-state index contributed by atoms with van der Waals surface area (Å²) in [5.41, 5.74) is 3.73. The number of anilines is 2. The number of nitrogens with one attached hydrogen (secondary N) is 1. The van der Waals surface area contributed by atoms with Crippen LogP contribution in [0.3, 0.4) is 0 Å². The summed E-state index contributed by atoms with van der Waals surface area (Å²) >= 11 is 0. The number of hydrogen-bond donors (Lipinski definition) is 1. The number of nitrogens with zero attached hydrogens (tertiary/aromatic N) is 8. The highest BCUT2D eigenvalue weighted by atomic mass is 19.4. The molecule has 5 aliphatic rings. The van der Waals surface area contributed by atoms with E-state index < -0.39 is 29.7 Å². The minimum Gasteiger partial charge on any atom is -0.454 e. The topological polar surface area (TPSA) is 140 Å². The maximum atomic E-state index is 13.8. The van der Waals surface area contributed by atoms with Crippen LogP contribution in [0.1, 0.15) is 38.3 Å². The van der Waals surface area contributed by atoms with Gasteiger partial charge in [0.05, 0.1) is 43.8 Å². The van der Waals surface area contributed by atoms with Gasteiger partial charge in [-0.1, -0.05) is 6.08 Å². The number of aromatic nitrogens is 6. The van der Waals surface area contributed by atoms with Crippen molar-refractivity contribution in [1.82, 2.24) is 34.6 Å². The molecule has 1 N–H and O–H groups in total.